The highest BCUT2D eigenvalue weighted by molar-refractivity contribution is 5.90. The van der Waals surface area contributed by atoms with Gasteiger partial charge >= 0.3 is 0 Å². The first-order valence-electron chi connectivity index (χ1n) is 9.22. The highest BCUT2D eigenvalue weighted by atomic mass is 16.2. The molecule has 0 spiro atoms. The Balaban J connectivity index is 1.52. The van der Waals surface area contributed by atoms with Crippen LogP contribution in [0.1, 0.15) is 61.7 Å². The maximum atomic E-state index is 12.5. The zero-order valence-electron chi connectivity index (χ0n) is 15.8. The van der Waals surface area contributed by atoms with Crippen LogP contribution in [-0.4, -0.2) is 53.7 Å². The van der Waals surface area contributed by atoms with Gasteiger partial charge in [-0.15, -0.1) is 10.2 Å². The molecule has 0 unspecified atom stereocenters. The molecular weight excluding hydrogens is 342 g/mol. The molecular formula is C19H23N7O. The van der Waals surface area contributed by atoms with Crippen molar-refractivity contribution in [1.29, 1.82) is 0 Å². The van der Waals surface area contributed by atoms with Gasteiger partial charge in [0.1, 0.15) is 0 Å². The van der Waals surface area contributed by atoms with Gasteiger partial charge in [-0.2, -0.15) is 9.61 Å². The maximum Gasteiger partial charge on any atom is 0.291 e. The highest BCUT2D eigenvalue weighted by Gasteiger charge is 2.29. The Morgan fingerprint density at radius 2 is 1.78 bits per heavy atom. The number of carbonyl (C=O) groups is 1. The van der Waals surface area contributed by atoms with E-state index < -0.39 is 0 Å². The van der Waals surface area contributed by atoms with Crippen LogP contribution in [0.15, 0.2) is 30.6 Å². The molecule has 27 heavy (non-hydrogen) atoms. The molecule has 0 radical (unpaired) electrons. The molecule has 8 nitrogen and oxygen atoms in total. The van der Waals surface area contributed by atoms with E-state index in [9.17, 15) is 4.79 Å². The van der Waals surface area contributed by atoms with Gasteiger partial charge in [0.05, 0.1) is 5.69 Å². The fraction of sp³-hybridized carbons (Fsp3) is 0.474. The Morgan fingerprint density at radius 3 is 2.44 bits per heavy atom. The van der Waals surface area contributed by atoms with Gasteiger partial charge in [-0.1, -0.05) is 20.8 Å². The van der Waals surface area contributed by atoms with Crippen molar-refractivity contribution in [3.63, 3.8) is 0 Å². The van der Waals surface area contributed by atoms with Gasteiger partial charge in [0.25, 0.3) is 5.91 Å². The molecule has 3 aromatic heterocycles. The Labute approximate surface area is 157 Å². The van der Waals surface area contributed by atoms with Crippen molar-refractivity contribution >= 4 is 11.6 Å². The summed E-state index contributed by atoms with van der Waals surface area (Å²) in [6.45, 7) is 7.72. The summed E-state index contributed by atoms with van der Waals surface area (Å²) < 4.78 is 1.86. The van der Waals surface area contributed by atoms with Gasteiger partial charge in [0, 0.05) is 36.8 Å². The monoisotopic (exact) mass is 365 g/mol. The summed E-state index contributed by atoms with van der Waals surface area (Å²) in [4.78, 5) is 22.4. The van der Waals surface area contributed by atoms with Crippen LogP contribution in [-0.2, 0) is 5.41 Å². The van der Waals surface area contributed by atoms with Crippen molar-refractivity contribution in [1.82, 2.24) is 34.7 Å². The second kappa shape index (κ2) is 6.68. The summed E-state index contributed by atoms with van der Waals surface area (Å²) in [5.41, 5.74) is 1.72. The zero-order valence-corrected chi connectivity index (χ0v) is 15.8. The lowest BCUT2D eigenvalue weighted by molar-refractivity contribution is 0.0698. The van der Waals surface area contributed by atoms with Gasteiger partial charge in [-0.05, 0) is 31.0 Å². The lowest BCUT2D eigenvalue weighted by Crippen LogP contribution is -2.39. The molecule has 1 saturated heterocycles. The molecule has 4 heterocycles. The summed E-state index contributed by atoms with van der Waals surface area (Å²) in [7, 11) is 0. The van der Waals surface area contributed by atoms with Crippen molar-refractivity contribution in [3.8, 4) is 0 Å². The Bertz CT molecular complexity index is 953. The first-order valence-corrected chi connectivity index (χ1v) is 9.22. The van der Waals surface area contributed by atoms with Crippen LogP contribution >= 0.6 is 0 Å². The Morgan fingerprint density at radius 1 is 1.07 bits per heavy atom. The Kier molecular flexibility index (Phi) is 4.33. The number of carbonyl (C=O) groups excluding carboxylic acids is 1. The number of rotatable bonds is 2. The van der Waals surface area contributed by atoms with E-state index >= 15 is 0 Å². The molecule has 0 N–H and O–H groups in total. The summed E-state index contributed by atoms with van der Waals surface area (Å²) in [5.74, 6) is 1.23. The summed E-state index contributed by atoms with van der Waals surface area (Å²) >= 11 is 0. The molecule has 0 saturated carbocycles. The normalized spacial score (nSPS) is 16.0. The molecule has 0 bridgehead atoms. The van der Waals surface area contributed by atoms with Crippen molar-refractivity contribution in [3.05, 3.63) is 47.9 Å². The van der Waals surface area contributed by atoms with Crippen LogP contribution in [0.5, 0.6) is 0 Å². The predicted molar refractivity (Wildman–Crippen MR) is 99.4 cm³/mol. The third-order valence-electron chi connectivity index (χ3n) is 4.96. The van der Waals surface area contributed by atoms with Gasteiger partial charge in [-0.3, -0.25) is 4.79 Å². The van der Waals surface area contributed by atoms with Crippen molar-refractivity contribution in [2.45, 2.75) is 44.9 Å². The van der Waals surface area contributed by atoms with Crippen LogP contribution in [0, 0.1) is 0 Å². The molecule has 1 aliphatic rings. The third-order valence-corrected chi connectivity index (χ3v) is 4.96. The average molecular weight is 365 g/mol. The Hall–Kier alpha value is -2.90. The highest BCUT2D eigenvalue weighted by Crippen LogP contribution is 2.28. The van der Waals surface area contributed by atoms with Gasteiger partial charge in [0.2, 0.25) is 5.82 Å². The van der Waals surface area contributed by atoms with Crippen molar-refractivity contribution in [2.75, 3.05) is 13.1 Å². The van der Waals surface area contributed by atoms with Crippen molar-refractivity contribution in [2.24, 2.45) is 0 Å². The van der Waals surface area contributed by atoms with Crippen LogP contribution in [0.4, 0.5) is 0 Å². The molecule has 0 aliphatic carbocycles. The average Bonchev–Trinajstić information content (AvgIpc) is 3.11. The second-order valence-corrected chi connectivity index (χ2v) is 7.94. The van der Waals surface area contributed by atoms with E-state index in [1.54, 1.807) is 18.5 Å². The summed E-state index contributed by atoms with van der Waals surface area (Å²) in [6.07, 6.45) is 4.82. The summed E-state index contributed by atoms with van der Waals surface area (Å²) in [6, 6.07) is 5.68. The molecule has 0 aromatic carbocycles. The first kappa shape index (κ1) is 17.5. The van der Waals surface area contributed by atoms with Crippen LogP contribution in [0.2, 0.25) is 0 Å². The minimum absolute atomic E-state index is 0.0405. The molecule has 1 fully saturated rings. The standard InChI is InChI=1S/C19H23N7O/c1-19(2,3)14-5-6-15-22-23-17(26(15)24-14)13-7-11-25(12-8-13)18(27)16-20-9-4-10-21-16/h4-6,9-10,13H,7-8,11-12H2,1-3H3. The van der Waals surface area contributed by atoms with Gasteiger partial charge in [0.15, 0.2) is 11.5 Å². The van der Waals surface area contributed by atoms with Gasteiger partial charge < -0.3 is 4.90 Å². The number of likely N-dealkylation sites (tertiary alicyclic amines) is 1. The molecule has 4 rings (SSSR count). The first-order chi connectivity index (χ1) is 12.9. The maximum absolute atomic E-state index is 12.5. The molecule has 0 atom stereocenters. The van der Waals surface area contributed by atoms with E-state index in [4.69, 9.17) is 5.10 Å². The summed E-state index contributed by atoms with van der Waals surface area (Å²) in [5, 5.41) is 13.4. The number of aromatic nitrogens is 6. The number of piperidine rings is 1. The number of amides is 1. The fourth-order valence-electron chi connectivity index (χ4n) is 3.35. The number of fused-ring (bicyclic) bond motifs is 1. The molecule has 8 heteroatoms. The van der Waals surface area contributed by atoms with E-state index in [1.807, 2.05) is 21.5 Å². The minimum atomic E-state index is -0.117. The molecule has 1 aliphatic heterocycles. The van der Waals surface area contributed by atoms with Crippen LogP contribution < -0.4 is 0 Å². The lowest BCUT2D eigenvalue weighted by Gasteiger charge is -2.30. The third kappa shape index (κ3) is 3.39. The topological polar surface area (TPSA) is 89.2 Å². The smallest absolute Gasteiger partial charge is 0.291 e. The van der Waals surface area contributed by atoms with E-state index in [0.717, 1.165) is 30.0 Å². The largest absolute Gasteiger partial charge is 0.336 e. The predicted octanol–water partition coefficient (Wildman–Crippen LogP) is 2.23. The number of hydrogen-bond acceptors (Lipinski definition) is 6. The fourth-order valence-corrected chi connectivity index (χ4v) is 3.35. The van der Waals surface area contributed by atoms with E-state index in [2.05, 4.69) is 40.9 Å². The minimum Gasteiger partial charge on any atom is -0.336 e. The SMILES string of the molecule is CC(C)(C)c1ccc2nnc(C3CCN(C(=O)c4ncccn4)CC3)n2n1. The lowest BCUT2D eigenvalue weighted by atomic mass is 9.92. The molecule has 1 amide bonds. The van der Waals surface area contributed by atoms with E-state index in [-0.39, 0.29) is 23.1 Å². The number of nitrogens with zero attached hydrogens (tertiary/aromatic N) is 7. The molecule has 140 valence electrons. The number of hydrogen-bond donors (Lipinski definition) is 0. The molecule has 3 aromatic rings. The van der Waals surface area contributed by atoms with Crippen LogP contribution in [0.25, 0.3) is 5.65 Å². The van der Waals surface area contributed by atoms with Gasteiger partial charge in [-0.25, -0.2) is 9.97 Å². The van der Waals surface area contributed by atoms with E-state index in [1.165, 1.54) is 0 Å². The van der Waals surface area contributed by atoms with E-state index in [0.29, 0.717) is 13.1 Å². The van der Waals surface area contributed by atoms with Crippen molar-refractivity contribution < 1.29 is 4.79 Å². The zero-order chi connectivity index (χ0) is 19.0. The quantitative estimate of drug-likeness (QED) is 0.692. The second-order valence-electron chi connectivity index (χ2n) is 7.94. The van der Waals surface area contributed by atoms with Crippen LogP contribution in [0.3, 0.4) is 0 Å².